The van der Waals surface area contributed by atoms with Crippen molar-refractivity contribution in [2.45, 2.75) is 79.3 Å². The molecule has 1 rings (SSSR count). The Labute approximate surface area is 167 Å². The highest BCUT2D eigenvalue weighted by atomic mass is 16.5. The predicted octanol–water partition coefficient (Wildman–Crippen LogP) is 4.87. The van der Waals surface area contributed by atoms with E-state index >= 15 is 0 Å². The minimum absolute atomic E-state index is 0.0156. The van der Waals surface area contributed by atoms with E-state index in [9.17, 15) is 9.59 Å². The molecule has 1 saturated heterocycles. The highest BCUT2D eigenvalue weighted by Crippen LogP contribution is 2.28. The van der Waals surface area contributed by atoms with Crippen LogP contribution in [0.1, 0.15) is 67.2 Å². The Hall–Kier alpha value is -1.96. The lowest BCUT2D eigenvalue weighted by molar-refractivity contribution is -0.135. The minimum atomic E-state index is -0.545. The average molecular weight is 383 g/mol. The molecule has 1 N–H and O–H groups in total. The number of likely N-dealkylation sites (tertiary alicyclic amines) is 1. The Morgan fingerprint density at radius 1 is 1.26 bits per heavy atom. The smallest absolute Gasteiger partial charge is 0.407 e. The van der Waals surface area contributed by atoms with Crippen LogP contribution < -0.4 is 5.32 Å². The van der Waals surface area contributed by atoms with Gasteiger partial charge in [0.15, 0.2) is 0 Å². The summed E-state index contributed by atoms with van der Waals surface area (Å²) >= 11 is 0. The first kappa shape index (κ1) is 29.8. The van der Waals surface area contributed by atoms with Crippen molar-refractivity contribution >= 4 is 12.0 Å². The van der Waals surface area contributed by atoms with Gasteiger partial charge in [-0.2, -0.15) is 0 Å². The lowest BCUT2D eigenvalue weighted by Crippen LogP contribution is -2.52. The van der Waals surface area contributed by atoms with Crippen LogP contribution in [0.25, 0.3) is 0 Å². The topological polar surface area (TPSA) is 58.6 Å². The zero-order valence-corrected chi connectivity index (χ0v) is 18.6. The molecule has 1 heterocycles. The number of nitrogens with one attached hydrogen (secondary N) is 1. The number of carbonyl (C=O) groups excluding carboxylic acids is 2. The number of hydrogen-bond acceptors (Lipinski definition) is 3. The molecule has 1 fully saturated rings. The third-order valence-corrected chi connectivity index (χ3v) is 4.30. The molecule has 0 aromatic rings. The van der Waals surface area contributed by atoms with Gasteiger partial charge in [0.2, 0.25) is 5.91 Å². The first-order chi connectivity index (χ1) is 12.9. The van der Waals surface area contributed by atoms with Crippen molar-refractivity contribution in [3.05, 3.63) is 13.2 Å². The summed E-state index contributed by atoms with van der Waals surface area (Å²) in [5.74, 6) is 0.648. The van der Waals surface area contributed by atoms with Gasteiger partial charge in [0, 0.05) is 12.6 Å². The summed E-state index contributed by atoms with van der Waals surface area (Å²) in [5, 5.41) is 2.67. The molecule has 1 unspecified atom stereocenters. The van der Waals surface area contributed by atoms with Crippen molar-refractivity contribution < 1.29 is 14.3 Å². The maximum Gasteiger partial charge on any atom is 0.407 e. The lowest BCUT2D eigenvalue weighted by atomic mass is 10.00. The van der Waals surface area contributed by atoms with Crippen LogP contribution >= 0.6 is 0 Å². The van der Waals surface area contributed by atoms with Crippen LogP contribution in [0.2, 0.25) is 0 Å². The van der Waals surface area contributed by atoms with Gasteiger partial charge in [0.25, 0.3) is 0 Å². The summed E-state index contributed by atoms with van der Waals surface area (Å²) in [5.41, 5.74) is 0. The molecule has 0 spiro atoms. The van der Waals surface area contributed by atoms with Crippen molar-refractivity contribution in [2.75, 3.05) is 13.7 Å². The molecular formula is C22H42N2O3. The van der Waals surface area contributed by atoms with E-state index in [0.717, 1.165) is 13.0 Å². The van der Waals surface area contributed by atoms with E-state index in [1.165, 1.54) is 26.4 Å². The van der Waals surface area contributed by atoms with Gasteiger partial charge < -0.3 is 15.0 Å². The predicted molar refractivity (Wildman–Crippen MR) is 115 cm³/mol. The van der Waals surface area contributed by atoms with Crippen molar-refractivity contribution in [1.82, 2.24) is 10.2 Å². The fraction of sp³-hybridized carbons (Fsp3) is 0.727. The molecule has 0 saturated carbocycles. The first-order valence-electron chi connectivity index (χ1n) is 9.88. The number of methoxy groups -OCH3 is 1. The second kappa shape index (κ2) is 18.8. The van der Waals surface area contributed by atoms with Crippen molar-refractivity contribution in [3.63, 3.8) is 0 Å². The third kappa shape index (κ3) is 11.4. The number of hydrogen-bond donors (Lipinski definition) is 1. The van der Waals surface area contributed by atoms with E-state index in [-0.39, 0.29) is 17.9 Å². The maximum atomic E-state index is 12.7. The molecule has 27 heavy (non-hydrogen) atoms. The summed E-state index contributed by atoms with van der Waals surface area (Å²) in [6.45, 7) is 19.0. The molecule has 3 atom stereocenters. The second-order valence-corrected chi connectivity index (χ2v) is 6.44. The van der Waals surface area contributed by atoms with Gasteiger partial charge in [0.05, 0.1) is 7.11 Å². The molecule has 0 aromatic heterocycles. The van der Waals surface area contributed by atoms with E-state index in [0.29, 0.717) is 5.92 Å². The Morgan fingerprint density at radius 3 is 2.19 bits per heavy atom. The van der Waals surface area contributed by atoms with Crippen LogP contribution in [0.5, 0.6) is 0 Å². The van der Waals surface area contributed by atoms with Crippen LogP contribution in [0.4, 0.5) is 4.79 Å². The molecular weight excluding hydrogens is 340 g/mol. The molecule has 0 radical (unpaired) electrons. The van der Waals surface area contributed by atoms with Crippen molar-refractivity contribution in [3.8, 4) is 12.8 Å². The molecule has 1 aliphatic heterocycles. The van der Waals surface area contributed by atoms with Gasteiger partial charge in [-0.3, -0.25) is 4.79 Å². The van der Waals surface area contributed by atoms with Crippen LogP contribution in [-0.2, 0) is 9.53 Å². The summed E-state index contributed by atoms with van der Waals surface area (Å²) in [6.07, 6.45) is 12.1. The summed E-state index contributed by atoms with van der Waals surface area (Å²) in [4.78, 5) is 26.1. The van der Waals surface area contributed by atoms with Gasteiger partial charge in [0.1, 0.15) is 6.04 Å². The fourth-order valence-corrected chi connectivity index (χ4v) is 3.03. The number of rotatable bonds is 6. The number of amides is 2. The molecule has 5 nitrogen and oxygen atoms in total. The number of carbonyl (C=O) groups is 2. The zero-order valence-electron chi connectivity index (χ0n) is 18.6. The number of ether oxygens (including phenoxy) is 1. The van der Waals surface area contributed by atoms with E-state index in [2.05, 4.69) is 49.9 Å². The summed E-state index contributed by atoms with van der Waals surface area (Å²) in [7, 11) is 1.32. The molecule has 0 bridgehead atoms. The minimum Gasteiger partial charge on any atom is -0.453 e. The standard InChI is InChI=1S/C16H30N2O3.C2H6.C2H4.C2H2/c1-6-7-8-13-9-12(4)18(10-13)15(19)14(11(2)3)17-16(20)21-5;3*1-2/h11-14H,6-10H2,1-5H3,(H,17,20);1-2H3;1-2H2;1-2H/t12-,13+,14?;;;/m1.../s1. The van der Waals surface area contributed by atoms with Gasteiger partial charge in [-0.15, -0.1) is 26.0 Å². The van der Waals surface area contributed by atoms with Crippen molar-refractivity contribution in [2.24, 2.45) is 11.8 Å². The van der Waals surface area contributed by atoms with Crippen molar-refractivity contribution in [1.29, 1.82) is 0 Å². The molecule has 2 amide bonds. The van der Waals surface area contributed by atoms with Gasteiger partial charge in [-0.25, -0.2) is 4.79 Å². The monoisotopic (exact) mass is 382 g/mol. The Bertz CT molecular complexity index is 408. The number of unbranched alkanes of at least 4 members (excludes halogenated alkanes) is 1. The zero-order chi connectivity index (χ0) is 22.0. The highest BCUT2D eigenvalue weighted by molar-refractivity contribution is 5.86. The molecule has 5 heteroatoms. The Morgan fingerprint density at radius 2 is 1.78 bits per heavy atom. The second-order valence-electron chi connectivity index (χ2n) is 6.44. The average Bonchev–Trinajstić information content (AvgIpc) is 3.08. The fourth-order valence-electron chi connectivity index (χ4n) is 3.03. The van der Waals surface area contributed by atoms with Crippen LogP contribution in [-0.4, -0.2) is 42.6 Å². The van der Waals surface area contributed by atoms with Crippen LogP contribution in [0.15, 0.2) is 13.2 Å². The normalized spacial score (nSPS) is 18.5. The molecule has 0 aliphatic carbocycles. The number of alkyl carbamates (subject to hydrolysis) is 1. The quantitative estimate of drug-likeness (QED) is 0.526. The maximum absolute atomic E-state index is 12.7. The molecule has 1 aliphatic rings. The van der Waals surface area contributed by atoms with E-state index in [1.807, 2.05) is 32.6 Å². The summed E-state index contributed by atoms with van der Waals surface area (Å²) in [6, 6.07) is -0.259. The van der Waals surface area contributed by atoms with Crippen LogP contribution in [0.3, 0.4) is 0 Å². The SMILES string of the molecule is C#C.C=C.CC.CCCC[C@H]1C[C@@H](C)N(C(=O)C(NC(=O)OC)C(C)C)C1. The Kier molecular flexibility index (Phi) is 20.8. The van der Waals surface area contributed by atoms with Gasteiger partial charge in [-0.1, -0.05) is 47.5 Å². The summed E-state index contributed by atoms with van der Waals surface area (Å²) < 4.78 is 4.62. The number of nitrogens with zero attached hydrogens (tertiary/aromatic N) is 1. The molecule has 158 valence electrons. The van der Waals surface area contributed by atoms with E-state index < -0.39 is 12.1 Å². The van der Waals surface area contributed by atoms with E-state index in [1.54, 1.807) is 0 Å². The largest absolute Gasteiger partial charge is 0.453 e. The van der Waals surface area contributed by atoms with Gasteiger partial charge in [-0.05, 0) is 31.6 Å². The third-order valence-electron chi connectivity index (χ3n) is 4.30. The molecule has 0 aromatic carbocycles. The lowest BCUT2D eigenvalue weighted by Gasteiger charge is -2.29. The Balaban J connectivity index is -0.000000869. The van der Waals surface area contributed by atoms with E-state index in [4.69, 9.17) is 0 Å². The number of terminal acetylenes is 1. The first-order valence-corrected chi connectivity index (χ1v) is 9.88. The van der Waals surface area contributed by atoms with Crippen LogP contribution in [0, 0.1) is 24.7 Å². The van der Waals surface area contributed by atoms with Gasteiger partial charge >= 0.3 is 6.09 Å². The highest BCUT2D eigenvalue weighted by Gasteiger charge is 2.37.